The number of nitrogens with zero attached hydrogens (tertiary/aromatic N) is 3. The summed E-state index contributed by atoms with van der Waals surface area (Å²) in [5.74, 6) is 0. The average Bonchev–Trinajstić information content (AvgIpc) is 3.02. The van der Waals surface area contributed by atoms with Crippen molar-refractivity contribution in [3.8, 4) is 17.2 Å². The molecule has 1 atom stereocenters. The molecule has 1 aliphatic rings. The molecule has 4 rings (SSSR count). The first-order valence-electron chi connectivity index (χ1n) is 8.62. The second kappa shape index (κ2) is 6.03. The van der Waals surface area contributed by atoms with Crippen LogP contribution in [0, 0.1) is 18.3 Å². The normalized spacial score (nSPS) is 18.5. The van der Waals surface area contributed by atoms with Crippen LogP contribution >= 0.6 is 0 Å². The number of aryl methyl sites for hydroxylation is 1. The monoisotopic (exact) mass is 355 g/mol. The Morgan fingerprint density at radius 2 is 1.85 bits per heavy atom. The van der Waals surface area contributed by atoms with E-state index in [9.17, 15) is 4.79 Å². The molecule has 3 aromatic rings. The van der Waals surface area contributed by atoms with Gasteiger partial charge in [0.15, 0.2) is 0 Å². The highest BCUT2D eigenvalue weighted by molar-refractivity contribution is 5.87. The zero-order valence-corrected chi connectivity index (χ0v) is 15.3. The van der Waals surface area contributed by atoms with Gasteiger partial charge in [-0.2, -0.15) is 15.5 Å². The fraction of sp³-hybridized carbons (Fsp3) is 0.182. The topological polar surface area (TPSA) is 78.7 Å². The molecule has 0 aliphatic carbocycles. The van der Waals surface area contributed by atoms with Crippen molar-refractivity contribution in [2.24, 2.45) is 10.2 Å². The summed E-state index contributed by atoms with van der Waals surface area (Å²) >= 11 is 0. The summed E-state index contributed by atoms with van der Waals surface area (Å²) in [6, 6.07) is 14.8. The standard InChI is InChI=1S/C22H17N3O2/c1-13-11-22(3,25-24-13)17-8-9-18-14(2)20(21(26)27-19(18)10-17)16-6-4-15(12-23)5-7-16/h4-11H,1-3H3. The van der Waals surface area contributed by atoms with Gasteiger partial charge in [0.05, 0.1) is 22.9 Å². The van der Waals surface area contributed by atoms with E-state index in [0.29, 0.717) is 16.7 Å². The summed E-state index contributed by atoms with van der Waals surface area (Å²) in [6.45, 7) is 5.79. The number of nitriles is 1. The van der Waals surface area contributed by atoms with Crippen LogP contribution in [-0.2, 0) is 5.54 Å². The van der Waals surface area contributed by atoms with E-state index in [2.05, 4.69) is 16.3 Å². The molecule has 1 aliphatic heterocycles. The van der Waals surface area contributed by atoms with Crippen molar-refractivity contribution in [2.45, 2.75) is 26.3 Å². The first-order valence-corrected chi connectivity index (χ1v) is 8.62. The third-order valence-electron chi connectivity index (χ3n) is 4.96. The van der Waals surface area contributed by atoms with E-state index in [-0.39, 0.29) is 0 Å². The second-order valence-electron chi connectivity index (χ2n) is 6.92. The first-order chi connectivity index (χ1) is 12.9. The molecule has 1 unspecified atom stereocenters. The lowest BCUT2D eigenvalue weighted by atomic mass is 9.91. The predicted molar refractivity (Wildman–Crippen MR) is 103 cm³/mol. The number of azo groups is 1. The van der Waals surface area contributed by atoms with Crippen LogP contribution in [0.25, 0.3) is 22.1 Å². The van der Waals surface area contributed by atoms with Crippen LogP contribution in [0.1, 0.15) is 30.5 Å². The van der Waals surface area contributed by atoms with Crippen LogP contribution < -0.4 is 5.63 Å². The van der Waals surface area contributed by atoms with Crippen LogP contribution in [0.15, 0.2) is 73.7 Å². The van der Waals surface area contributed by atoms with E-state index in [4.69, 9.17) is 9.68 Å². The van der Waals surface area contributed by atoms with Crippen LogP contribution in [0.3, 0.4) is 0 Å². The highest BCUT2D eigenvalue weighted by Gasteiger charge is 2.28. The number of hydrogen-bond donors (Lipinski definition) is 0. The molecular weight excluding hydrogens is 338 g/mol. The molecule has 5 heteroatoms. The van der Waals surface area contributed by atoms with Gasteiger partial charge in [0, 0.05) is 5.39 Å². The maximum Gasteiger partial charge on any atom is 0.344 e. The summed E-state index contributed by atoms with van der Waals surface area (Å²) in [4.78, 5) is 12.7. The number of allylic oxidation sites excluding steroid dienone is 1. The van der Waals surface area contributed by atoms with E-state index in [1.165, 1.54) is 0 Å². The summed E-state index contributed by atoms with van der Waals surface area (Å²) in [5, 5.41) is 18.3. The Labute approximate surface area is 156 Å². The van der Waals surface area contributed by atoms with Gasteiger partial charge in [0.1, 0.15) is 11.1 Å². The lowest BCUT2D eigenvalue weighted by molar-refractivity contribution is 0.558. The lowest BCUT2D eigenvalue weighted by Crippen LogP contribution is -2.13. The van der Waals surface area contributed by atoms with Crippen LogP contribution in [0.5, 0.6) is 0 Å². The van der Waals surface area contributed by atoms with Gasteiger partial charge in [-0.15, -0.1) is 0 Å². The first kappa shape index (κ1) is 16.9. The molecule has 2 heterocycles. The molecule has 132 valence electrons. The molecule has 0 radical (unpaired) electrons. The van der Waals surface area contributed by atoms with E-state index >= 15 is 0 Å². The largest absolute Gasteiger partial charge is 0.422 e. The summed E-state index contributed by atoms with van der Waals surface area (Å²) < 4.78 is 5.64. The smallest absolute Gasteiger partial charge is 0.344 e. The highest BCUT2D eigenvalue weighted by Crippen LogP contribution is 2.36. The average molecular weight is 355 g/mol. The molecule has 2 aromatic carbocycles. The quantitative estimate of drug-likeness (QED) is 0.591. The molecule has 0 bridgehead atoms. The van der Waals surface area contributed by atoms with Crippen molar-refractivity contribution in [1.82, 2.24) is 0 Å². The van der Waals surface area contributed by atoms with Crippen LogP contribution in [0.2, 0.25) is 0 Å². The van der Waals surface area contributed by atoms with Crippen molar-refractivity contribution in [2.75, 3.05) is 0 Å². The minimum absolute atomic E-state index is 0.396. The van der Waals surface area contributed by atoms with Crippen molar-refractivity contribution in [3.05, 3.63) is 81.3 Å². The highest BCUT2D eigenvalue weighted by atomic mass is 16.4. The molecule has 0 fully saturated rings. The van der Waals surface area contributed by atoms with Gasteiger partial charge >= 0.3 is 5.63 Å². The number of fused-ring (bicyclic) bond motifs is 1. The summed E-state index contributed by atoms with van der Waals surface area (Å²) in [7, 11) is 0. The zero-order valence-electron chi connectivity index (χ0n) is 15.3. The van der Waals surface area contributed by atoms with E-state index < -0.39 is 11.2 Å². The molecular formula is C22H17N3O2. The van der Waals surface area contributed by atoms with Crippen molar-refractivity contribution in [1.29, 1.82) is 5.26 Å². The SMILES string of the molecule is CC1=CC(C)(c2ccc3c(C)c(-c4ccc(C#N)cc4)c(=O)oc3c2)N=N1. The fourth-order valence-corrected chi connectivity index (χ4v) is 3.50. The third-order valence-corrected chi connectivity index (χ3v) is 4.96. The Kier molecular flexibility index (Phi) is 3.78. The van der Waals surface area contributed by atoms with Gasteiger partial charge in [-0.1, -0.05) is 24.3 Å². The van der Waals surface area contributed by atoms with Crippen molar-refractivity contribution >= 4 is 11.0 Å². The number of rotatable bonds is 2. The molecule has 0 saturated carbocycles. The van der Waals surface area contributed by atoms with Gasteiger partial charge in [0.25, 0.3) is 0 Å². The molecule has 5 nitrogen and oxygen atoms in total. The van der Waals surface area contributed by atoms with E-state index in [0.717, 1.165) is 27.8 Å². The Morgan fingerprint density at radius 3 is 2.48 bits per heavy atom. The van der Waals surface area contributed by atoms with Crippen molar-refractivity contribution < 1.29 is 4.42 Å². The Hall–Kier alpha value is -3.52. The number of benzene rings is 2. The van der Waals surface area contributed by atoms with Crippen molar-refractivity contribution in [3.63, 3.8) is 0 Å². The van der Waals surface area contributed by atoms with Crippen LogP contribution in [-0.4, -0.2) is 0 Å². The maximum atomic E-state index is 12.7. The molecule has 0 N–H and O–H groups in total. The Bertz CT molecular complexity index is 1230. The fourth-order valence-electron chi connectivity index (χ4n) is 3.50. The van der Waals surface area contributed by atoms with Gasteiger partial charge in [-0.05, 0) is 61.7 Å². The van der Waals surface area contributed by atoms with Gasteiger partial charge < -0.3 is 4.42 Å². The van der Waals surface area contributed by atoms with E-state index in [1.807, 2.05) is 45.0 Å². The zero-order chi connectivity index (χ0) is 19.2. The molecule has 0 saturated heterocycles. The number of hydrogen-bond acceptors (Lipinski definition) is 5. The third kappa shape index (κ3) is 2.76. The molecule has 27 heavy (non-hydrogen) atoms. The summed E-state index contributed by atoms with van der Waals surface area (Å²) in [5.41, 5.74) is 4.03. The van der Waals surface area contributed by atoms with Crippen LogP contribution in [0.4, 0.5) is 0 Å². The molecule has 0 spiro atoms. The Balaban J connectivity index is 1.88. The molecule has 1 aromatic heterocycles. The minimum atomic E-state index is -0.545. The second-order valence-corrected chi connectivity index (χ2v) is 6.92. The minimum Gasteiger partial charge on any atom is -0.422 e. The molecule has 0 amide bonds. The lowest BCUT2D eigenvalue weighted by Gasteiger charge is -2.18. The summed E-state index contributed by atoms with van der Waals surface area (Å²) in [6.07, 6.45) is 1.99. The predicted octanol–water partition coefficient (Wildman–Crippen LogP) is 5.22. The maximum absolute atomic E-state index is 12.7. The van der Waals surface area contributed by atoms with Gasteiger partial charge in [-0.3, -0.25) is 0 Å². The van der Waals surface area contributed by atoms with Gasteiger partial charge in [-0.25, -0.2) is 4.79 Å². The van der Waals surface area contributed by atoms with E-state index in [1.54, 1.807) is 24.3 Å². The Morgan fingerprint density at radius 1 is 1.11 bits per heavy atom. The van der Waals surface area contributed by atoms with Gasteiger partial charge in [0.2, 0.25) is 0 Å².